The number of ether oxygens (including phenoxy) is 3. The van der Waals surface area contributed by atoms with Crippen molar-refractivity contribution in [3.8, 4) is 5.75 Å². The van der Waals surface area contributed by atoms with E-state index in [1.54, 1.807) is 43.3 Å². The number of hydrogen-bond acceptors (Lipinski definition) is 8. The Morgan fingerprint density at radius 1 is 1.04 bits per heavy atom. The maximum Gasteiger partial charge on any atom is 0.416 e. The standard InChI is InChI=1S/C32H35F3N2O7S/c1-2-45(40,41)27-13-5-21(6-14-27)28(19-38)36-31(39)22-3-9-24(10-4-22)37-18-26(17-29(37)30-20-42-15-16-43-30)44-25-11-7-23(8-12-25)32(33,34)35/h3-14,26,28-30,38H,2,15-20H2,1H3,(H,36,39)/t26-,28+,29+,30?/m1/s1. The number of benzene rings is 3. The second-order valence-electron chi connectivity index (χ2n) is 10.9. The third-order valence-electron chi connectivity index (χ3n) is 8.03. The number of amides is 1. The lowest BCUT2D eigenvalue weighted by Crippen LogP contribution is -2.45. The molecule has 2 N–H and O–H groups in total. The van der Waals surface area contributed by atoms with E-state index in [2.05, 4.69) is 10.2 Å². The summed E-state index contributed by atoms with van der Waals surface area (Å²) >= 11 is 0. The van der Waals surface area contributed by atoms with Crippen LogP contribution in [0.2, 0.25) is 0 Å². The number of sulfone groups is 1. The first-order chi connectivity index (χ1) is 21.5. The highest BCUT2D eigenvalue weighted by molar-refractivity contribution is 7.91. The molecule has 4 atom stereocenters. The number of nitrogens with zero attached hydrogens (tertiary/aromatic N) is 1. The van der Waals surface area contributed by atoms with Crippen LogP contribution < -0.4 is 15.0 Å². The van der Waals surface area contributed by atoms with Gasteiger partial charge in [0.05, 0.1) is 61.3 Å². The normalized spacial score (nSPS) is 21.4. The Labute approximate surface area is 259 Å². The molecule has 0 radical (unpaired) electrons. The van der Waals surface area contributed by atoms with Crippen molar-refractivity contribution < 1.29 is 45.7 Å². The molecule has 45 heavy (non-hydrogen) atoms. The Bertz CT molecular complexity index is 1540. The molecule has 0 aromatic heterocycles. The fourth-order valence-electron chi connectivity index (χ4n) is 5.56. The van der Waals surface area contributed by atoms with Crippen molar-refractivity contribution in [1.82, 2.24) is 5.32 Å². The minimum Gasteiger partial charge on any atom is -0.489 e. The van der Waals surface area contributed by atoms with Gasteiger partial charge in [-0.15, -0.1) is 0 Å². The van der Waals surface area contributed by atoms with E-state index in [1.165, 1.54) is 24.3 Å². The Morgan fingerprint density at radius 3 is 2.31 bits per heavy atom. The number of hydrogen-bond donors (Lipinski definition) is 2. The molecule has 2 aliphatic heterocycles. The van der Waals surface area contributed by atoms with Gasteiger partial charge in [0.15, 0.2) is 9.84 Å². The highest BCUT2D eigenvalue weighted by Crippen LogP contribution is 2.34. The van der Waals surface area contributed by atoms with Crippen LogP contribution in [-0.4, -0.2) is 76.4 Å². The summed E-state index contributed by atoms with van der Waals surface area (Å²) in [6.45, 7) is 2.94. The Hall–Kier alpha value is -3.65. The minimum atomic E-state index is -4.43. The Kier molecular flexibility index (Phi) is 10.0. The summed E-state index contributed by atoms with van der Waals surface area (Å²) in [4.78, 5) is 15.4. The number of carbonyl (C=O) groups excluding carboxylic acids is 1. The van der Waals surface area contributed by atoms with Gasteiger partial charge in [0, 0.05) is 17.7 Å². The van der Waals surface area contributed by atoms with E-state index in [9.17, 15) is 31.5 Å². The highest BCUT2D eigenvalue weighted by atomic mass is 32.2. The molecule has 2 fully saturated rings. The Morgan fingerprint density at radius 2 is 1.73 bits per heavy atom. The molecule has 1 amide bonds. The zero-order valence-electron chi connectivity index (χ0n) is 24.6. The molecule has 2 saturated heterocycles. The van der Waals surface area contributed by atoms with Crippen LogP contribution in [0.5, 0.6) is 5.75 Å². The van der Waals surface area contributed by atoms with E-state index in [0.29, 0.717) is 49.7 Å². The van der Waals surface area contributed by atoms with Gasteiger partial charge in [-0.25, -0.2) is 8.42 Å². The first kappa shape index (κ1) is 32.7. The number of alkyl halides is 3. The number of nitrogens with one attached hydrogen (secondary N) is 1. The average Bonchev–Trinajstić information content (AvgIpc) is 3.47. The summed E-state index contributed by atoms with van der Waals surface area (Å²) in [7, 11) is -3.38. The maximum atomic E-state index is 13.1. The van der Waals surface area contributed by atoms with Crippen LogP contribution in [0.1, 0.15) is 40.9 Å². The molecule has 3 aromatic carbocycles. The van der Waals surface area contributed by atoms with E-state index in [1.807, 2.05) is 0 Å². The molecular formula is C32H35F3N2O7S. The molecule has 9 nitrogen and oxygen atoms in total. The second-order valence-corrected chi connectivity index (χ2v) is 13.2. The van der Waals surface area contributed by atoms with Crippen molar-refractivity contribution in [2.75, 3.05) is 43.6 Å². The highest BCUT2D eigenvalue weighted by Gasteiger charge is 2.40. The van der Waals surface area contributed by atoms with Crippen LogP contribution >= 0.6 is 0 Å². The van der Waals surface area contributed by atoms with Gasteiger partial charge < -0.3 is 29.5 Å². The van der Waals surface area contributed by atoms with Gasteiger partial charge in [0.1, 0.15) is 18.0 Å². The molecule has 2 heterocycles. The summed E-state index contributed by atoms with van der Waals surface area (Å²) in [5, 5.41) is 12.7. The van der Waals surface area contributed by atoms with Crippen molar-refractivity contribution in [3.63, 3.8) is 0 Å². The van der Waals surface area contributed by atoms with Crippen molar-refractivity contribution in [2.45, 2.75) is 48.7 Å². The predicted octanol–water partition coefficient (Wildman–Crippen LogP) is 4.40. The molecule has 13 heteroatoms. The van der Waals surface area contributed by atoms with Gasteiger partial charge in [0.2, 0.25) is 0 Å². The van der Waals surface area contributed by atoms with Crippen molar-refractivity contribution >= 4 is 21.4 Å². The molecule has 0 aliphatic carbocycles. The number of aliphatic hydroxyl groups is 1. The number of rotatable bonds is 10. The number of anilines is 1. The third kappa shape index (κ3) is 7.78. The smallest absolute Gasteiger partial charge is 0.416 e. The molecule has 5 rings (SSSR count). The first-order valence-electron chi connectivity index (χ1n) is 14.6. The number of halogens is 3. The van der Waals surface area contributed by atoms with Gasteiger partial charge in [-0.05, 0) is 66.2 Å². The van der Waals surface area contributed by atoms with Crippen LogP contribution in [-0.2, 0) is 25.5 Å². The molecule has 2 aliphatic rings. The van der Waals surface area contributed by atoms with Crippen LogP contribution in [0.15, 0.2) is 77.7 Å². The van der Waals surface area contributed by atoms with Crippen molar-refractivity contribution in [3.05, 3.63) is 89.5 Å². The van der Waals surface area contributed by atoms with Crippen LogP contribution in [0.3, 0.4) is 0 Å². The monoisotopic (exact) mass is 648 g/mol. The molecule has 1 unspecified atom stereocenters. The van der Waals surface area contributed by atoms with E-state index in [0.717, 1.165) is 17.8 Å². The topological polar surface area (TPSA) is 114 Å². The minimum absolute atomic E-state index is 0.0328. The molecule has 242 valence electrons. The van der Waals surface area contributed by atoms with Gasteiger partial charge in [0.25, 0.3) is 5.91 Å². The zero-order chi connectivity index (χ0) is 32.2. The lowest BCUT2D eigenvalue weighted by atomic mass is 10.1. The van der Waals surface area contributed by atoms with Gasteiger partial charge in [-0.2, -0.15) is 13.2 Å². The van der Waals surface area contributed by atoms with Crippen molar-refractivity contribution in [1.29, 1.82) is 0 Å². The fraction of sp³-hybridized carbons (Fsp3) is 0.406. The van der Waals surface area contributed by atoms with Gasteiger partial charge in [-0.1, -0.05) is 19.1 Å². The van der Waals surface area contributed by atoms with E-state index >= 15 is 0 Å². The van der Waals surface area contributed by atoms with Crippen LogP contribution in [0, 0.1) is 0 Å². The van der Waals surface area contributed by atoms with Crippen LogP contribution in [0.4, 0.5) is 18.9 Å². The summed E-state index contributed by atoms with van der Waals surface area (Å²) in [6.07, 6.45) is -4.45. The Balaban J connectivity index is 1.28. The largest absolute Gasteiger partial charge is 0.489 e. The summed E-state index contributed by atoms with van der Waals surface area (Å²) in [6, 6.07) is 16.7. The third-order valence-corrected chi connectivity index (χ3v) is 9.78. The molecule has 0 saturated carbocycles. The zero-order valence-corrected chi connectivity index (χ0v) is 25.4. The van der Waals surface area contributed by atoms with Gasteiger partial charge >= 0.3 is 6.18 Å². The maximum absolute atomic E-state index is 13.1. The molecular weight excluding hydrogens is 613 g/mol. The quantitative estimate of drug-likeness (QED) is 0.333. The molecule has 0 spiro atoms. The molecule has 0 bridgehead atoms. The first-order valence-corrected chi connectivity index (χ1v) is 16.3. The lowest BCUT2D eigenvalue weighted by Gasteiger charge is -2.34. The summed E-state index contributed by atoms with van der Waals surface area (Å²) in [5.74, 6) is -0.118. The SMILES string of the molecule is CCS(=O)(=O)c1ccc([C@H](CO)NC(=O)c2ccc(N3C[C@H](Oc4ccc(C(F)(F)F)cc4)C[C@H]3C3COCCO3)cc2)cc1. The summed E-state index contributed by atoms with van der Waals surface area (Å²) < 4.78 is 80.9. The van der Waals surface area contributed by atoms with E-state index in [4.69, 9.17) is 14.2 Å². The lowest BCUT2D eigenvalue weighted by molar-refractivity contribution is -0.137. The fourth-order valence-corrected chi connectivity index (χ4v) is 6.44. The van der Waals surface area contributed by atoms with Crippen LogP contribution in [0.25, 0.3) is 0 Å². The average molecular weight is 649 g/mol. The van der Waals surface area contributed by atoms with Crippen molar-refractivity contribution in [2.24, 2.45) is 0 Å². The van der Waals surface area contributed by atoms with E-state index < -0.39 is 33.5 Å². The number of carbonyl (C=O) groups is 1. The number of aliphatic hydroxyl groups excluding tert-OH is 1. The predicted molar refractivity (Wildman–Crippen MR) is 160 cm³/mol. The second kappa shape index (κ2) is 13.8. The van der Waals surface area contributed by atoms with E-state index in [-0.39, 0.29) is 35.5 Å². The molecule has 3 aromatic rings. The summed E-state index contributed by atoms with van der Waals surface area (Å²) in [5.41, 5.74) is 0.970. The van der Waals surface area contributed by atoms with Gasteiger partial charge in [-0.3, -0.25) is 4.79 Å².